The maximum Gasteiger partial charge on any atom is 0.405 e. The highest BCUT2D eigenvalue weighted by Gasteiger charge is 2.27. The Morgan fingerprint density at radius 2 is 1.70 bits per heavy atom. The number of carbonyl (C=O) groups excluding carboxylic acids is 2. The van der Waals surface area contributed by atoms with Gasteiger partial charge in [0, 0.05) is 22.8 Å². The van der Waals surface area contributed by atoms with Crippen molar-refractivity contribution in [3.8, 4) is 0 Å². The van der Waals surface area contributed by atoms with Gasteiger partial charge >= 0.3 is 6.18 Å². The lowest BCUT2D eigenvalue weighted by Crippen LogP contribution is -2.33. The fraction of sp³-hybridized carbons (Fsp3) is 0.105. The van der Waals surface area contributed by atoms with Crippen LogP contribution >= 0.6 is 0 Å². The number of aromatic nitrogens is 1. The average molecular weight is 373 g/mol. The fourth-order valence-electron chi connectivity index (χ4n) is 2.51. The van der Waals surface area contributed by atoms with E-state index in [1.165, 1.54) is 24.3 Å². The van der Waals surface area contributed by atoms with Crippen LogP contribution in [-0.4, -0.2) is 29.5 Å². The number of pyridine rings is 1. The van der Waals surface area contributed by atoms with Crippen LogP contribution in [0.5, 0.6) is 0 Å². The number of nitrogens with one attached hydrogen (secondary N) is 2. The summed E-state index contributed by atoms with van der Waals surface area (Å²) in [6.45, 7) is -1.43. The van der Waals surface area contributed by atoms with Gasteiger partial charge < -0.3 is 10.6 Å². The molecule has 3 rings (SSSR count). The van der Waals surface area contributed by atoms with Crippen molar-refractivity contribution in [1.82, 2.24) is 10.3 Å². The van der Waals surface area contributed by atoms with E-state index in [2.05, 4.69) is 10.3 Å². The number of halogens is 3. The Kier molecular flexibility index (Phi) is 5.07. The molecule has 2 aromatic carbocycles. The topological polar surface area (TPSA) is 71.1 Å². The number of hydrogen-bond donors (Lipinski definition) is 2. The van der Waals surface area contributed by atoms with E-state index in [0.717, 1.165) is 5.39 Å². The zero-order valence-electron chi connectivity index (χ0n) is 13.9. The highest BCUT2D eigenvalue weighted by molar-refractivity contribution is 6.12. The molecule has 0 saturated heterocycles. The SMILES string of the molecule is O=C(NCC(F)(F)F)c1cccc(NC(=O)c2cccc3cccnc23)c1. The summed E-state index contributed by atoms with van der Waals surface area (Å²) in [5.41, 5.74) is 1.16. The Morgan fingerprint density at radius 3 is 2.48 bits per heavy atom. The van der Waals surface area contributed by atoms with Gasteiger partial charge in [0.1, 0.15) is 6.54 Å². The smallest absolute Gasteiger partial charge is 0.343 e. The Morgan fingerprint density at radius 1 is 0.963 bits per heavy atom. The molecule has 8 heteroatoms. The first kappa shape index (κ1) is 18.4. The molecule has 5 nitrogen and oxygen atoms in total. The van der Waals surface area contributed by atoms with Crippen molar-refractivity contribution in [3.05, 3.63) is 71.9 Å². The molecule has 3 aromatic rings. The lowest BCUT2D eigenvalue weighted by molar-refractivity contribution is -0.123. The third-order valence-electron chi connectivity index (χ3n) is 3.71. The van der Waals surface area contributed by atoms with Crippen LogP contribution in [0.3, 0.4) is 0 Å². The van der Waals surface area contributed by atoms with Crippen LogP contribution in [0.2, 0.25) is 0 Å². The van der Waals surface area contributed by atoms with E-state index >= 15 is 0 Å². The predicted molar refractivity (Wildman–Crippen MR) is 94.5 cm³/mol. The van der Waals surface area contributed by atoms with Gasteiger partial charge in [-0.3, -0.25) is 14.6 Å². The Balaban J connectivity index is 1.78. The average Bonchev–Trinajstić information content (AvgIpc) is 2.65. The first-order valence-electron chi connectivity index (χ1n) is 7.93. The van der Waals surface area contributed by atoms with Gasteiger partial charge in [0.15, 0.2) is 0 Å². The third-order valence-corrected chi connectivity index (χ3v) is 3.71. The van der Waals surface area contributed by atoms with E-state index in [-0.39, 0.29) is 11.3 Å². The molecular formula is C19H14F3N3O2. The van der Waals surface area contributed by atoms with Crippen molar-refractivity contribution < 1.29 is 22.8 Å². The summed E-state index contributed by atoms with van der Waals surface area (Å²) in [5.74, 6) is -1.32. The minimum atomic E-state index is -4.50. The molecule has 138 valence electrons. The third kappa shape index (κ3) is 4.60. The largest absolute Gasteiger partial charge is 0.405 e. The monoisotopic (exact) mass is 373 g/mol. The van der Waals surface area contributed by atoms with Gasteiger partial charge in [-0.15, -0.1) is 0 Å². The van der Waals surface area contributed by atoms with Crippen LogP contribution in [0.15, 0.2) is 60.8 Å². The zero-order chi connectivity index (χ0) is 19.4. The maximum absolute atomic E-state index is 12.6. The van der Waals surface area contributed by atoms with Gasteiger partial charge in [0.05, 0.1) is 11.1 Å². The van der Waals surface area contributed by atoms with Crippen LogP contribution in [0, 0.1) is 0 Å². The molecule has 2 N–H and O–H groups in total. The molecular weight excluding hydrogens is 359 g/mol. The van der Waals surface area contributed by atoms with Gasteiger partial charge in [-0.1, -0.05) is 24.3 Å². The number of para-hydroxylation sites is 1. The summed E-state index contributed by atoms with van der Waals surface area (Å²) in [5, 5.41) is 5.22. The summed E-state index contributed by atoms with van der Waals surface area (Å²) >= 11 is 0. The second kappa shape index (κ2) is 7.45. The van der Waals surface area contributed by atoms with Crippen LogP contribution < -0.4 is 10.6 Å². The van der Waals surface area contributed by atoms with Gasteiger partial charge in [0.2, 0.25) is 0 Å². The quantitative estimate of drug-likeness (QED) is 0.731. The molecule has 0 aliphatic heterocycles. The van der Waals surface area contributed by atoms with Crippen molar-refractivity contribution in [1.29, 1.82) is 0 Å². The minimum Gasteiger partial charge on any atom is -0.343 e. The normalized spacial score (nSPS) is 11.2. The van der Waals surface area contributed by atoms with E-state index < -0.39 is 24.5 Å². The summed E-state index contributed by atoms with van der Waals surface area (Å²) in [4.78, 5) is 28.6. The van der Waals surface area contributed by atoms with Gasteiger partial charge in [0.25, 0.3) is 11.8 Å². The fourth-order valence-corrected chi connectivity index (χ4v) is 2.51. The number of anilines is 1. The van der Waals surface area contributed by atoms with Crippen LogP contribution in [0.25, 0.3) is 10.9 Å². The molecule has 0 fully saturated rings. The van der Waals surface area contributed by atoms with Crippen molar-refractivity contribution in [3.63, 3.8) is 0 Å². The number of benzene rings is 2. The van der Waals surface area contributed by atoms with Crippen LogP contribution in [-0.2, 0) is 0 Å². The summed E-state index contributed by atoms with van der Waals surface area (Å²) in [7, 11) is 0. The lowest BCUT2D eigenvalue weighted by atomic mass is 10.1. The first-order valence-corrected chi connectivity index (χ1v) is 7.93. The Labute approximate surface area is 152 Å². The molecule has 0 unspecified atom stereocenters. The summed E-state index contributed by atoms with van der Waals surface area (Å²) in [6, 6.07) is 14.4. The second-order valence-corrected chi connectivity index (χ2v) is 5.71. The number of amides is 2. The van der Waals surface area contributed by atoms with Gasteiger partial charge in [-0.2, -0.15) is 13.2 Å². The van der Waals surface area contributed by atoms with Crippen molar-refractivity contribution in [2.24, 2.45) is 0 Å². The molecule has 0 atom stereocenters. The maximum atomic E-state index is 12.6. The van der Waals surface area contributed by atoms with Crippen molar-refractivity contribution >= 4 is 28.4 Å². The molecule has 0 bridgehead atoms. The summed E-state index contributed by atoms with van der Waals surface area (Å²) in [6.07, 6.45) is -2.92. The molecule has 2 amide bonds. The number of fused-ring (bicyclic) bond motifs is 1. The summed E-state index contributed by atoms with van der Waals surface area (Å²) < 4.78 is 36.7. The van der Waals surface area contributed by atoms with E-state index in [1.54, 1.807) is 29.7 Å². The number of carbonyl (C=O) groups is 2. The molecule has 0 spiro atoms. The Bertz CT molecular complexity index is 997. The molecule has 1 heterocycles. The van der Waals surface area contributed by atoms with E-state index in [1.807, 2.05) is 12.1 Å². The number of hydrogen-bond acceptors (Lipinski definition) is 3. The molecule has 1 aromatic heterocycles. The van der Waals surface area contributed by atoms with Crippen molar-refractivity contribution in [2.45, 2.75) is 6.18 Å². The number of nitrogens with zero attached hydrogens (tertiary/aromatic N) is 1. The highest BCUT2D eigenvalue weighted by Crippen LogP contribution is 2.19. The Hall–Kier alpha value is -3.42. The highest BCUT2D eigenvalue weighted by atomic mass is 19.4. The van der Waals surface area contributed by atoms with E-state index in [0.29, 0.717) is 11.1 Å². The first-order chi connectivity index (χ1) is 12.8. The molecule has 0 aliphatic rings. The predicted octanol–water partition coefficient (Wildman–Crippen LogP) is 3.78. The van der Waals surface area contributed by atoms with Crippen LogP contribution in [0.1, 0.15) is 20.7 Å². The second-order valence-electron chi connectivity index (χ2n) is 5.71. The van der Waals surface area contributed by atoms with E-state index in [4.69, 9.17) is 0 Å². The standard InChI is InChI=1S/C19H14F3N3O2/c20-19(21,22)11-24-17(26)13-5-1-7-14(10-13)25-18(27)15-8-2-4-12-6-3-9-23-16(12)15/h1-10H,11H2,(H,24,26)(H,25,27). The number of rotatable bonds is 4. The van der Waals surface area contributed by atoms with Crippen molar-refractivity contribution in [2.75, 3.05) is 11.9 Å². The zero-order valence-corrected chi connectivity index (χ0v) is 13.9. The van der Waals surface area contributed by atoms with Crippen LogP contribution in [0.4, 0.5) is 18.9 Å². The molecule has 27 heavy (non-hydrogen) atoms. The van der Waals surface area contributed by atoms with E-state index in [9.17, 15) is 22.8 Å². The number of alkyl halides is 3. The lowest BCUT2D eigenvalue weighted by Gasteiger charge is -2.10. The van der Waals surface area contributed by atoms with Gasteiger partial charge in [-0.05, 0) is 30.3 Å². The minimum absolute atomic E-state index is 0.00750. The van der Waals surface area contributed by atoms with Gasteiger partial charge in [-0.25, -0.2) is 0 Å². The molecule has 0 saturated carbocycles. The molecule has 0 aliphatic carbocycles. The molecule has 0 radical (unpaired) electrons.